The Hall–Kier alpha value is -3.73. The number of hydrogen-bond donors (Lipinski definition) is 0. The molecule has 0 spiro atoms. The van der Waals surface area contributed by atoms with Gasteiger partial charge in [0, 0.05) is 67.8 Å². The maximum Gasteiger partial charge on any atom is 0.319 e. The second kappa shape index (κ2) is 16.5. The summed E-state index contributed by atoms with van der Waals surface area (Å²) >= 11 is 6.87. The molecule has 3 aromatic rings. The Balaban J connectivity index is 1.41. The smallest absolute Gasteiger partial charge is 0.319 e. The number of pyridine rings is 1. The molecule has 3 atom stereocenters. The van der Waals surface area contributed by atoms with Gasteiger partial charge in [0.15, 0.2) is 12.6 Å². The van der Waals surface area contributed by atoms with E-state index in [1.54, 1.807) is 18.3 Å². The highest BCUT2D eigenvalue weighted by Crippen LogP contribution is 2.42. The Morgan fingerprint density at radius 2 is 2.02 bits per heavy atom. The number of rotatable bonds is 13. The van der Waals surface area contributed by atoms with E-state index in [0.717, 1.165) is 44.2 Å². The number of halogens is 3. The first-order valence-electron chi connectivity index (χ1n) is 18.1. The Morgan fingerprint density at radius 1 is 1.17 bits per heavy atom. The van der Waals surface area contributed by atoms with Crippen molar-refractivity contribution in [2.24, 2.45) is 11.0 Å². The molecule has 0 amide bonds. The van der Waals surface area contributed by atoms with Crippen molar-refractivity contribution >= 4 is 36.4 Å². The molecule has 2 aromatic heterocycles. The largest absolute Gasteiger partial charge is 0.467 e. The maximum absolute atomic E-state index is 17.1. The Labute approximate surface area is 310 Å². The molecule has 0 aliphatic carbocycles. The number of azide groups is 1. The van der Waals surface area contributed by atoms with Gasteiger partial charge in [0.1, 0.15) is 43.6 Å². The summed E-state index contributed by atoms with van der Waals surface area (Å²) < 4.78 is 48.9. The van der Waals surface area contributed by atoms with Crippen LogP contribution in [0.4, 0.5) is 14.6 Å². The third-order valence-corrected chi connectivity index (χ3v) is 11.3. The highest BCUT2D eigenvalue weighted by atomic mass is 35.5. The summed E-state index contributed by atoms with van der Waals surface area (Å²) in [6, 6.07) is 3.46. The number of nitrogens with zero attached hydrogens (tertiary/aromatic N) is 8. The minimum absolute atomic E-state index is 0.00904. The van der Waals surface area contributed by atoms with Gasteiger partial charge in [-0.2, -0.15) is 9.97 Å². The van der Waals surface area contributed by atoms with Crippen molar-refractivity contribution in [1.29, 1.82) is 0 Å². The molecule has 0 bridgehead atoms. The van der Waals surface area contributed by atoms with Gasteiger partial charge in [-0.1, -0.05) is 36.4 Å². The Bertz CT molecular complexity index is 1880. The second-order valence-corrected chi connectivity index (χ2v) is 20.3. The minimum Gasteiger partial charge on any atom is -0.467 e. The zero-order chi connectivity index (χ0) is 36.9. The average molecular weight is 753 g/mol. The monoisotopic (exact) mass is 752 g/mol. The van der Waals surface area contributed by atoms with Crippen LogP contribution in [-0.2, 0) is 11.2 Å². The third-order valence-electron chi connectivity index (χ3n) is 10.1. The van der Waals surface area contributed by atoms with Gasteiger partial charge in [0.05, 0.1) is 10.9 Å². The van der Waals surface area contributed by atoms with Gasteiger partial charge >= 0.3 is 6.01 Å². The number of benzene rings is 1. The van der Waals surface area contributed by atoms with Crippen LogP contribution in [0.3, 0.4) is 0 Å². The molecule has 52 heavy (non-hydrogen) atoms. The van der Waals surface area contributed by atoms with Crippen LogP contribution in [0, 0.1) is 23.2 Å². The van der Waals surface area contributed by atoms with Crippen molar-refractivity contribution in [3.05, 3.63) is 45.2 Å². The number of alkyl halides is 1. The van der Waals surface area contributed by atoms with Gasteiger partial charge in [-0.25, -0.2) is 8.78 Å². The molecule has 1 unspecified atom stereocenters. The Morgan fingerprint density at radius 3 is 2.81 bits per heavy atom. The normalized spacial score (nSPS) is 21.8. The van der Waals surface area contributed by atoms with E-state index in [1.165, 1.54) is 7.11 Å². The van der Waals surface area contributed by atoms with Gasteiger partial charge in [0.2, 0.25) is 0 Å². The molecular weight excluding hydrogens is 706 g/mol. The SMILES string of the molecule is COCOc1cc(Cl)c(CCCC#C[Si](C)(C)C)c(-c2ncc3c(N4CCCC(CN=[N+]=[N-])C4)nc(OC[C@@]45CCCN4C[C@H](F)C5)nc3c2F)c1. The molecule has 3 saturated heterocycles. The van der Waals surface area contributed by atoms with Crippen LogP contribution in [0.1, 0.15) is 50.5 Å². The first-order valence-corrected chi connectivity index (χ1v) is 22.0. The second-order valence-electron chi connectivity index (χ2n) is 15.1. The highest BCUT2D eigenvalue weighted by Gasteiger charge is 2.49. The topological polar surface area (TPSA) is 122 Å². The van der Waals surface area contributed by atoms with E-state index in [9.17, 15) is 4.39 Å². The zero-order valence-corrected chi connectivity index (χ0v) is 32.2. The number of fused-ring (bicyclic) bond motifs is 2. The summed E-state index contributed by atoms with van der Waals surface area (Å²) in [5, 5.41) is 4.67. The van der Waals surface area contributed by atoms with Crippen molar-refractivity contribution in [2.45, 2.75) is 82.7 Å². The van der Waals surface area contributed by atoms with Crippen LogP contribution >= 0.6 is 11.6 Å². The number of methoxy groups -OCH3 is 1. The fourth-order valence-corrected chi connectivity index (χ4v) is 8.65. The van der Waals surface area contributed by atoms with E-state index in [2.05, 4.69) is 60.9 Å². The van der Waals surface area contributed by atoms with Crippen molar-refractivity contribution in [2.75, 3.05) is 58.1 Å². The molecule has 3 aliphatic rings. The van der Waals surface area contributed by atoms with E-state index in [1.807, 2.05) is 0 Å². The molecule has 278 valence electrons. The summed E-state index contributed by atoms with van der Waals surface area (Å²) in [6.45, 7) is 9.61. The lowest BCUT2D eigenvalue weighted by Crippen LogP contribution is -2.43. The quantitative estimate of drug-likeness (QED) is 0.0326. The Kier molecular flexibility index (Phi) is 12.1. The van der Waals surface area contributed by atoms with Crippen LogP contribution in [0.5, 0.6) is 11.8 Å². The van der Waals surface area contributed by atoms with Crippen molar-refractivity contribution in [1.82, 2.24) is 19.9 Å². The summed E-state index contributed by atoms with van der Waals surface area (Å²) in [5.41, 5.74) is 13.3. The minimum atomic E-state index is -1.51. The van der Waals surface area contributed by atoms with Crippen molar-refractivity contribution in [3.63, 3.8) is 0 Å². The summed E-state index contributed by atoms with van der Waals surface area (Å²) in [6.07, 6.45) is 6.57. The van der Waals surface area contributed by atoms with E-state index in [4.69, 9.17) is 36.3 Å². The molecular formula is C37H47ClF2N8O3Si. The van der Waals surface area contributed by atoms with E-state index in [0.29, 0.717) is 73.0 Å². The fourth-order valence-electron chi connectivity index (χ4n) is 7.69. The van der Waals surface area contributed by atoms with Gasteiger partial charge in [-0.05, 0) is 74.2 Å². The van der Waals surface area contributed by atoms with E-state index >= 15 is 4.39 Å². The molecule has 1 aromatic carbocycles. The zero-order valence-electron chi connectivity index (χ0n) is 30.4. The predicted molar refractivity (Wildman–Crippen MR) is 202 cm³/mol. The fraction of sp³-hybridized carbons (Fsp3) is 0.595. The molecule has 0 saturated carbocycles. The molecule has 0 radical (unpaired) electrons. The number of hydrogen-bond acceptors (Lipinski definition) is 9. The molecule has 15 heteroatoms. The first-order chi connectivity index (χ1) is 25.0. The molecule has 5 heterocycles. The van der Waals surface area contributed by atoms with Crippen LogP contribution in [0.15, 0.2) is 23.4 Å². The summed E-state index contributed by atoms with van der Waals surface area (Å²) in [4.78, 5) is 21.3. The van der Waals surface area contributed by atoms with Crippen LogP contribution in [0.25, 0.3) is 32.6 Å². The number of aromatic nitrogens is 3. The van der Waals surface area contributed by atoms with Crippen LogP contribution < -0.4 is 14.4 Å². The molecule has 11 nitrogen and oxygen atoms in total. The maximum atomic E-state index is 17.1. The number of anilines is 1. The molecule has 3 fully saturated rings. The average Bonchev–Trinajstić information content (AvgIpc) is 3.64. The number of unbranched alkanes of at least 4 members (excludes halogenated alkanes) is 1. The van der Waals surface area contributed by atoms with Crippen LogP contribution in [-0.4, -0.2) is 92.9 Å². The van der Waals surface area contributed by atoms with Gasteiger partial charge in [-0.15, -0.1) is 11.5 Å². The van der Waals surface area contributed by atoms with E-state index < -0.39 is 25.6 Å². The van der Waals surface area contributed by atoms with E-state index in [-0.39, 0.29) is 36.5 Å². The molecule has 6 rings (SSSR count). The summed E-state index contributed by atoms with van der Waals surface area (Å²) in [7, 11) is 0.0118. The van der Waals surface area contributed by atoms with Crippen LogP contribution in [0.2, 0.25) is 24.7 Å². The predicted octanol–water partition coefficient (Wildman–Crippen LogP) is 8.15. The van der Waals surface area contributed by atoms with Gasteiger partial charge in [0.25, 0.3) is 0 Å². The molecule has 3 aliphatic heterocycles. The number of ether oxygens (including phenoxy) is 3. The lowest BCUT2D eigenvalue weighted by atomic mass is 9.95. The van der Waals surface area contributed by atoms with Crippen molar-refractivity contribution < 1.29 is 23.0 Å². The highest BCUT2D eigenvalue weighted by molar-refractivity contribution is 6.83. The standard InChI is InChI=1S/C37H47ClF2N8O3Si/c1-49-24-51-27-16-29(28(31(38)17-27)11-6-5-7-15-52(2,3)4)33-32(40)34-30(20-42-33)35(47-13-8-10-25(21-47)19-43-46-41)45-36(44-34)50-23-37-12-9-14-48(37)22-26(39)18-37/h16-17,20,25-26H,5-6,8-14,18-19,21-24H2,1-4H3/t25?,26-,37+/m1/s1. The third kappa shape index (κ3) is 8.72. The molecule has 0 N–H and O–H groups in total. The summed E-state index contributed by atoms with van der Waals surface area (Å²) in [5.74, 6) is 3.69. The van der Waals surface area contributed by atoms with Gasteiger partial charge < -0.3 is 19.1 Å². The first kappa shape index (κ1) is 38.0. The lowest BCUT2D eigenvalue weighted by molar-refractivity contribution is 0.0511. The van der Waals surface area contributed by atoms with Crippen molar-refractivity contribution in [3.8, 4) is 34.5 Å². The van der Waals surface area contributed by atoms with Gasteiger partial charge in [-0.3, -0.25) is 9.88 Å². The lowest BCUT2D eigenvalue weighted by Gasteiger charge is -2.34. The number of piperidine rings is 1.